The number of likely N-dealkylation sites (tertiary alicyclic amines) is 1. The summed E-state index contributed by atoms with van der Waals surface area (Å²) in [5, 5.41) is 17.8. The summed E-state index contributed by atoms with van der Waals surface area (Å²) in [6, 6.07) is 1.95. The highest BCUT2D eigenvalue weighted by Gasteiger charge is 2.38. The molecule has 11 nitrogen and oxygen atoms in total. The largest absolute Gasteiger partial charge is 0.490 e. The molecule has 0 aromatic rings. The van der Waals surface area contributed by atoms with E-state index in [4.69, 9.17) is 25.7 Å². The standard InChI is InChI=1S/C16H26N6O3S.C2HF3O2/c17-9-14-11-26-12-21(14)15(23)10-22(18)13-1-3-19(4-2-13)16(24)20-5-7-25-8-6-20;3-2(4,5)1(6)7/h13-14H,1-8,10-12,18H2;(H,6,7). The summed E-state index contributed by atoms with van der Waals surface area (Å²) < 4.78 is 37.0. The number of alkyl halides is 3. The number of thioether (sulfide) groups is 1. The molecule has 3 aliphatic rings. The highest BCUT2D eigenvalue weighted by atomic mass is 32.2. The Balaban J connectivity index is 0.000000479. The van der Waals surface area contributed by atoms with Gasteiger partial charge in [-0.1, -0.05) is 0 Å². The lowest BCUT2D eigenvalue weighted by molar-refractivity contribution is -0.192. The van der Waals surface area contributed by atoms with Crippen LogP contribution >= 0.6 is 11.8 Å². The smallest absolute Gasteiger partial charge is 0.475 e. The summed E-state index contributed by atoms with van der Waals surface area (Å²) in [6.07, 6.45) is -3.59. The molecule has 186 valence electrons. The van der Waals surface area contributed by atoms with E-state index in [-0.39, 0.29) is 30.6 Å². The number of carbonyl (C=O) groups is 3. The quantitative estimate of drug-likeness (QED) is 0.412. The lowest BCUT2D eigenvalue weighted by Gasteiger charge is -2.39. The van der Waals surface area contributed by atoms with Crippen LogP contribution in [0.1, 0.15) is 12.8 Å². The number of piperidine rings is 1. The number of carbonyl (C=O) groups excluding carboxylic acids is 2. The van der Waals surface area contributed by atoms with Crippen LogP contribution in [0.25, 0.3) is 0 Å². The normalized spacial score (nSPS) is 21.9. The fourth-order valence-corrected chi connectivity index (χ4v) is 4.62. The zero-order valence-corrected chi connectivity index (χ0v) is 18.7. The second-order valence-corrected chi connectivity index (χ2v) is 8.58. The van der Waals surface area contributed by atoms with Gasteiger partial charge >= 0.3 is 18.2 Å². The van der Waals surface area contributed by atoms with Crippen molar-refractivity contribution in [1.82, 2.24) is 19.7 Å². The third kappa shape index (κ3) is 7.91. The van der Waals surface area contributed by atoms with Crippen molar-refractivity contribution in [2.75, 3.05) is 57.6 Å². The molecule has 3 aliphatic heterocycles. The second-order valence-electron chi connectivity index (χ2n) is 7.58. The van der Waals surface area contributed by atoms with Gasteiger partial charge in [0.1, 0.15) is 6.04 Å². The third-order valence-electron chi connectivity index (χ3n) is 5.40. The van der Waals surface area contributed by atoms with Gasteiger partial charge in [-0.2, -0.15) is 18.4 Å². The van der Waals surface area contributed by atoms with E-state index < -0.39 is 12.1 Å². The minimum absolute atomic E-state index is 0.0670. The average molecular weight is 497 g/mol. The van der Waals surface area contributed by atoms with Gasteiger partial charge in [0, 0.05) is 38.0 Å². The topological polar surface area (TPSA) is 143 Å². The molecular formula is C18H27F3N6O5S. The summed E-state index contributed by atoms with van der Waals surface area (Å²) in [7, 11) is 0. The lowest BCUT2D eigenvalue weighted by atomic mass is 10.0. The molecule has 0 aromatic carbocycles. The first kappa shape index (κ1) is 27.0. The minimum Gasteiger partial charge on any atom is -0.475 e. The molecule has 0 radical (unpaired) electrons. The number of urea groups is 1. The van der Waals surface area contributed by atoms with Crippen molar-refractivity contribution in [3.63, 3.8) is 0 Å². The fraction of sp³-hybridized carbons (Fsp3) is 0.778. The highest BCUT2D eigenvalue weighted by molar-refractivity contribution is 7.99. The number of carboxylic acids is 1. The van der Waals surface area contributed by atoms with Crippen molar-refractivity contribution >= 4 is 29.7 Å². The maximum atomic E-state index is 12.5. The molecule has 0 spiro atoms. The van der Waals surface area contributed by atoms with E-state index in [0.717, 1.165) is 12.8 Å². The molecule has 33 heavy (non-hydrogen) atoms. The van der Waals surface area contributed by atoms with Gasteiger partial charge in [0.05, 0.1) is 31.7 Å². The van der Waals surface area contributed by atoms with Crippen LogP contribution in [0.15, 0.2) is 0 Å². The molecule has 3 heterocycles. The van der Waals surface area contributed by atoms with Crippen LogP contribution in [0.2, 0.25) is 0 Å². The Kier molecular flexibility index (Phi) is 10.0. The highest BCUT2D eigenvalue weighted by Crippen LogP contribution is 2.21. The van der Waals surface area contributed by atoms with Crippen molar-refractivity contribution in [2.24, 2.45) is 5.84 Å². The van der Waals surface area contributed by atoms with Crippen LogP contribution < -0.4 is 5.84 Å². The predicted octanol–water partition coefficient (Wildman–Crippen LogP) is 0.137. The molecule has 1 unspecified atom stereocenters. The summed E-state index contributed by atoms with van der Waals surface area (Å²) >= 11 is 1.59. The first-order valence-electron chi connectivity index (χ1n) is 10.2. The van der Waals surface area contributed by atoms with Crippen molar-refractivity contribution in [1.29, 1.82) is 5.26 Å². The van der Waals surface area contributed by atoms with E-state index in [1.807, 2.05) is 9.80 Å². The van der Waals surface area contributed by atoms with E-state index >= 15 is 0 Å². The number of hydrogen-bond acceptors (Lipinski definition) is 8. The van der Waals surface area contributed by atoms with Gasteiger partial charge in [0.15, 0.2) is 0 Å². The van der Waals surface area contributed by atoms with Gasteiger partial charge in [0.2, 0.25) is 5.91 Å². The Bertz CT molecular complexity index is 738. The maximum Gasteiger partial charge on any atom is 0.490 e. The van der Waals surface area contributed by atoms with Crippen LogP contribution in [-0.2, 0) is 14.3 Å². The molecule has 3 amide bonds. The van der Waals surface area contributed by atoms with E-state index in [1.165, 1.54) is 0 Å². The number of ether oxygens (including phenoxy) is 1. The van der Waals surface area contributed by atoms with Gasteiger partial charge in [-0.3, -0.25) is 10.6 Å². The third-order valence-corrected chi connectivity index (χ3v) is 6.41. The van der Waals surface area contributed by atoms with Crippen molar-refractivity contribution in [3.8, 4) is 6.07 Å². The second kappa shape index (κ2) is 12.3. The molecule has 0 bridgehead atoms. The number of morpholine rings is 1. The molecule has 3 N–H and O–H groups in total. The first-order valence-corrected chi connectivity index (χ1v) is 11.4. The number of hydrazine groups is 1. The monoisotopic (exact) mass is 496 g/mol. The van der Waals surface area contributed by atoms with Gasteiger partial charge in [-0.25, -0.2) is 14.6 Å². The Morgan fingerprint density at radius 3 is 2.21 bits per heavy atom. The van der Waals surface area contributed by atoms with Crippen molar-refractivity contribution in [2.45, 2.75) is 31.1 Å². The van der Waals surface area contributed by atoms with Gasteiger partial charge in [-0.05, 0) is 12.8 Å². The molecule has 15 heteroatoms. The molecule has 3 saturated heterocycles. The lowest BCUT2D eigenvalue weighted by Crippen LogP contribution is -2.55. The summed E-state index contributed by atoms with van der Waals surface area (Å²) in [6.45, 7) is 3.88. The molecule has 0 saturated carbocycles. The van der Waals surface area contributed by atoms with E-state index in [9.17, 15) is 22.8 Å². The fourth-order valence-electron chi connectivity index (χ4n) is 3.51. The Labute approximate surface area is 193 Å². The number of halogens is 3. The van der Waals surface area contributed by atoms with Gasteiger partial charge in [0.25, 0.3) is 0 Å². The van der Waals surface area contributed by atoms with Gasteiger partial charge in [-0.15, -0.1) is 11.8 Å². The number of hydrogen-bond donors (Lipinski definition) is 2. The number of nitrogens with zero attached hydrogens (tertiary/aromatic N) is 5. The average Bonchev–Trinajstić information content (AvgIpc) is 3.28. The Morgan fingerprint density at radius 2 is 1.70 bits per heavy atom. The Hall–Kier alpha value is -2.28. The molecule has 3 rings (SSSR count). The first-order chi connectivity index (χ1) is 15.5. The number of amides is 3. The summed E-state index contributed by atoms with van der Waals surface area (Å²) in [4.78, 5) is 39.1. The molecule has 1 atom stereocenters. The zero-order valence-electron chi connectivity index (χ0n) is 17.9. The van der Waals surface area contributed by atoms with Crippen LogP contribution in [0.4, 0.5) is 18.0 Å². The molecule has 0 aliphatic carbocycles. The summed E-state index contributed by atoms with van der Waals surface area (Å²) in [5.74, 6) is 4.49. The Morgan fingerprint density at radius 1 is 1.15 bits per heavy atom. The van der Waals surface area contributed by atoms with Crippen molar-refractivity contribution in [3.05, 3.63) is 0 Å². The van der Waals surface area contributed by atoms with E-state index in [1.54, 1.807) is 21.7 Å². The van der Waals surface area contributed by atoms with Gasteiger partial charge < -0.3 is 24.5 Å². The van der Waals surface area contributed by atoms with E-state index in [2.05, 4.69) is 6.07 Å². The van der Waals surface area contributed by atoms with E-state index in [0.29, 0.717) is 51.0 Å². The predicted molar refractivity (Wildman–Crippen MR) is 111 cm³/mol. The number of nitriles is 1. The number of rotatable bonds is 3. The SMILES string of the molecule is N#CC1CSCN1C(=O)CN(N)C1CCN(C(=O)N2CCOCC2)CC1.O=C(O)C(F)(F)F. The summed E-state index contributed by atoms with van der Waals surface area (Å²) in [5.41, 5.74) is 0. The zero-order chi connectivity index (χ0) is 24.6. The minimum atomic E-state index is -5.08. The molecule has 0 aromatic heterocycles. The molecule has 3 fully saturated rings. The molecular weight excluding hydrogens is 469 g/mol. The number of nitrogens with two attached hydrogens (primary N) is 1. The van der Waals surface area contributed by atoms with Crippen LogP contribution in [-0.4, -0.2) is 119 Å². The van der Waals surface area contributed by atoms with Crippen molar-refractivity contribution < 1.29 is 37.4 Å². The maximum absolute atomic E-state index is 12.5. The van der Waals surface area contributed by atoms with Crippen LogP contribution in [0, 0.1) is 11.3 Å². The van der Waals surface area contributed by atoms with Crippen LogP contribution in [0.3, 0.4) is 0 Å². The number of aliphatic carboxylic acids is 1. The van der Waals surface area contributed by atoms with Crippen LogP contribution in [0.5, 0.6) is 0 Å². The number of carboxylic acid groups (broad SMARTS) is 1.